The summed E-state index contributed by atoms with van der Waals surface area (Å²) in [5, 5.41) is 3.23. The number of nitrogens with one attached hydrogen (secondary N) is 1. The Labute approximate surface area is 127 Å². The van der Waals surface area contributed by atoms with Crippen LogP contribution in [0.4, 0.5) is 23.0 Å². The number of anilines is 4. The lowest BCUT2D eigenvalue weighted by Gasteiger charge is -2.22. The normalized spacial score (nSPS) is 10.3. The van der Waals surface area contributed by atoms with E-state index >= 15 is 0 Å². The van der Waals surface area contributed by atoms with E-state index in [4.69, 9.17) is 5.73 Å². The van der Waals surface area contributed by atoms with Gasteiger partial charge in [-0.1, -0.05) is 12.1 Å². The van der Waals surface area contributed by atoms with Crippen LogP contribution in [0.2, 0.25) is 0 Å². The predicted octanol–water partition coefficient (Wildman–Crippen LogP) is 3.41. The van der Waals surface area contributed by atoms with Crippen LogP contribution in [0.1, 0.15) is 13.8 Å². The predicted molar refractivity (Wildman–Crippen MR) is 87.4 cm³/mol. The Morgan fingerprint density at radius 2 is 1.90 bits per heavy atom. The SMILES string of the molecule is CCN(CC)c1ncnc(Nc2ccccc2Br)c1N. The van der Waals surface area contributed by atoms with Crippen molar-refractivity contribution >= 4 is 38.9 Å². The topological polar surface area (TPSA) is 67.1 Å². The molecule has 0 spiro atoms. The van der Waals surface area contributed by atoms with Crippen molar-refractivity contribution in [1.82, 2.24) is 9.97 Å². The summed E-state index contributed by atoms with van der Waals surface area (Å²) < 4.78 is 0.961. The molecule has 1 aromatic carbocycles. The lowest BCUT2D eigenvalue weighted by molar-refractivity contribution is 0.844. The highest BCUT2D eigenvalue weighted by Gasteiger charge is 2.13. The fourth-order valence-electron chi connectivity index (χ4n) is 1.95. The second-order valence-corrected chi connectivity index (χ2v) is 5.09. The molecule has 1 aromatic heterocycles. The zero-order valence-corrected chi connectivity index (χ0v) is 13.2. The number of rotatable bonds is 5. The van der Waals surface area contributed by atoms with Crippen LogP contribution in [0.25, 0.3) is 0 Å². The first-order chi connectivity index (χ1) is 9.67. The molecule has 106 valence electrons. The average Bonchev–Trinajstić information content (AvgIpc) is 2.46. The number of hydrogen-bond acceptors (Lipinski definition) is 5. The molecule has 20 heavy (non-hydrogen) atoms. The molecule has 0 aliphatic heterocycles. The van der Waals surface area contributed by atoms with E-state index in [0.29, 0.717) is 11.5 Å². The van der Waals surface area contributed by atoms with Gasteiger partial charge in [-0.25, -0.2) is 9.97 Å². The van der Waals surface area contributed by atoms with Crippen LogP contribution in [0.5, 0.6) is 0 Å². The van der Waals surface area contributed by atoms with Crippen molar-refractivity contribution in [2.24, 2.45) is 0 Å². The van der Waals surface area contributed by atoms with Gasteiger partial charge in [0.25, 0.3) is 0 Å². The molecule has 0 atom stereocenters. The van der Waals surface area contributed by atoms with Crippen molar-refractivity contribution < 1.29 is 0 Å². The van der Waals surface area contributed by atoms with Gasteiger partial charge in [0.05, 0.1) is 5.69 Å². The second kappa shape index (κ2) is 6.56. The second-order valence-electron chi connectivity index (χ2n) is 4.24. The van der Waals surface area contributed by atoms with Gasteiger partial charge >= 0.3 is 0 Å². The highest BCUT2D eigenvalue weighted by molar-refractivity contribution is 9.10. The Morgan fingerprint density at radius 1 is 1.20 bits per heavy atom. The van der Waals surface area contributed by atoms with Crippen LogP contribution in [0.15, 0.2) is 35.1 Å². The summed E-state index contributed by atoms with van der Waals surface area (Å²) in [6.45, 7) is 5.86. The maximum atomic E-state index is 6.19. The van der Waals surface area contributed by atoms with Gasteiger partial charge in [-0.05, 0) is 41.9 Å². The molecule has 0 fully saturated rings. The Morgan fingerprint density at radius 3 is 2.55 bits per heavy atom. The fraction of sp³-hybridized carbons (Fsp3) is 0.286. The number of para-hydroxylation sites is 1. The van der Waals surface area contributed by atoms with Gasteiger partial charge in [0.2, 0.25) is 0 Å². The summed E-state index contributed by atoms with van der Waals surface area (Å²) in [6, 6.07) is 7.84. The summed E-state index contributed by atoms with van der Waals surface area (Å²) >= 11 is 3.50. The molecule has 0 bridgehead atoms. The Bertz CT molecular complexity index is 584. The van der Waals surface area contributed by atoms with E-state index in [9.17, 15) is 0 Å². The fourth-order valence-corrected chi connectivity index (χ4v) is 2.34. The highest BCUT2D eigenvalue weighted by Crippen LogP contribution is 2.30. The molecular weight excluding hydrogens is 318 g/mol. The van der Waals surface area contributed by atoms with E-state index in [2.05, 4.69) is 50.0 Å². The first-order valence-electron chi connectivity index (χ1n) is 6.54. The maximum absolute atomic E-state index is 6.19. The molecule has 0 aliphatic carbocycles. The average molecular weight is 336 g/mol. The lowest BCUT2D eigenvalue weighted by atomic mass is 10.3. The third-order valence-corrected chi connectivity index (χ3v) is 3.74. The molecule has 0 amide bonds. The highest BCUT2D eigenvalue weighted by atomic mass is 79.9. The van der Waals surface area contributed by atoms with Crippen LogP contribution in [0.3, 0.4) is 0 Å². The van der Waals surface area contributed by atoms with E-state index in [1.807, 2.05) is 24.3 Å². The van der Waals surface area contributed by atoms with Crippen LogP contribution in [0, 0.1) is 0 Å². The molecule has 3 N–H and O–H groups in total. The van der Waals surface area contributed by atoms with Gasteiger partial charge in [0.15, 0.2) is 11.6 Å². The van der Waals surface area contributed by atoms with Crippen LogP contribution < -0.4 is 16.0 Å². The number of benzene rings is 1. The maximum Gasteiger partial charge on any atom is 0.159 e. The summed E-state index contributed by atoms with van der Waals surface area (Å²) in [6.07, 6.45) is 1.53. The largest absolute Gasteiger partial charge is 0.393 e. The van der Waals surface area contributed by atoms with E-state index < -0.39 is 0 Å². The molecule has 0 saturated heterocycles. The minimum Gasteiger partial charge on any atom is -0.393 e. The third kappa shape index (κ3) is 3.01. The van der Waals surface area contributed by atoms with Gasteiger partial charge in [0.1, 0.15) is 12.0 Å². The molecule has 0 radical (unpaired) electrons. The van der Waals surface area contributed by atoms with E-state index in [1.54, 1.807) is 0 Å². The monoisotopic (exact) mass is 335 g/mol. The minimum absolute atomic E-state index is 0.562. The molecule has 2 aromatic rings. The number of nitrogens with two attached hydrogens (primary N) is 1. The van der Waals surface area contributed by atoms with Gasteiger partial charge in [-0.3, -0.25) is 0 Å². The van der Waals surface area contributed by atoms with Crippen molar-refractivity contribution in [3.8, 4) is 0 Å². The summed E-state index contributed by atoms with van der Waals surface area (Å²) in [7, 11) is 0. The summed E-state index contributed by atoms with van der Waals surface area (Å²) in [4.78, 5) is 10.6. The number of nitrogen functional groups attached to an aromatic ring is 1. The van der Waals surface area contributed by atoms with E-state index in [0.717, 1.165) is 29.1 Å². The van der Waals surface area contributed by atoms with Gasteiger partial charge in [0, 0.05) is 17.6 Å². The first kappa shape index (κ1) is 14.6. The van der Waals surface area contributed by atoms with Crippen molar-refractivity contribution in [2.75, 3.05) is 29.0 Å². The Hall–Kier alpha value is -1.82. The number of halogens is 1. The van der Waals surface area contributed by atoms with Crippen LogP contribution in [-0.4, -0.2) is 23.1 Å². The van der Waals surface area contributed by atoms with Crippen molar-refractivity contribution in [2.45, 2.75) is 13.8 Å². The smallest absolute Gasteiger partial charge is 0.159 e. The standard InChI is InChI=1S/C14H18BrN5/c1-3-20(4-2)14-12(16)13(17-9-18-14)19-11-8-6-5-7-10(11)15/h5-9H,3-4,16H2,1-2H3,(H,17,18,19). The number of aromatic nitrogens is 2. The molecule has 0 aliphatic rings. The minimum atomic E-state index is 0.562. The number of hydrogen-bond donors (Lipinski definition) is 2. The van der Waals surface area contributed by atoms with Gasteiger partial charge in [-0.15, -0.1) is 0 Å². The van der Waals surface area contributed by atoms with E-state index in [1.165, 1.54) is 6.33 Å². The van der Waals surface area contributed by atoms with Crippen molar-refractivity contribution in [3.63, 3.8) is 0 Å². The van der Waals surface area contributed by atoms with Crippen molar-refractivity contribution in [1.29, 1.82) is 0 Å². The van der Waals surface area contributed by atoms with Gasteiger partial charge < -0.3 is 16.0 Å². The number of nitrogens with zero attached hydrogens (tertiary/aromatic N) is 3. The van der Waals surface area contributed by atoms with Crippen LogP contribution in [-0.2, 0) is 0 Å². The molecule has 2 rings (SSSR count). The first-order valence-corrected chi connectivity index (χ1v) is 7.33. The summed E-state index contributed by atoms with van der Waals surface area (Å²) in [5.74, 6) is 1.38. The van der Waals surface area contributed by atoms with E-state index in [-0.39, 0.29) is 0 Å². The molecule has 1 heterocycles. The van der Waals surface area contributed by atoms with Crippen LogP contribution >= 0.6 is 15.9 Å². The summed E-state index contributed by atoms with van der Waals surface area (Å²) in [5.41, 5.74) is 7.67. The van der Waals surface area contributed by atoms with Crippen molar-refractivity contribution in [3.05, 3.63) is 35.1 Å². The Balaban J connectivity index is 2.34. The molecule has 0 unspecified atom stereocenters. The molecule has 6 heteroatoms. The Kier molecular flexibility index (Phi) is 4.79. The lowest BCUT2D eigenvalue weighted by Crippen LogP contribution is -2.24. The molecule has 0 saturated carbocycles. The zero-order valence-electron chi connectivity index (χ0n) is 11.6. The van der Waals surface area contributed by atoms with Gasteiger partial charge in [-0.2, -0.15) is 0 Å². The third-order valence-electron chi connectivity index (χ3n) is 3.05. The zero-order chi connectivity index (χ0) is 14.5. The quantitative estimate of drug-likeness (QED) is 0.876. The molecular formula is C14H18BrN5. The molecule has 5 nitrogen and oxygen atoms in total.